The standard InChI is InChI=1S/C28H32Cl2N6O3/c1-38-27(37)10-18-2-5-35(6-3-18)16-19-8-25(20-11-21(29)13-22(30)12-20)34-26(9-19)39-24-14-32-28(33-15-24)36-7-4-23(31)17-36/h8-9,11-15,18,23H,2-7,10,16-17,31H2,1H3. The first kappa shape index (κ1) is 27.6. The van der Waals surface area contributed by atoms with Crippen molar-refractivity contribution in [2.45, 2.75) is 38.3 Å². The van der Waals surface area contributed by atoms with Crippen LogP contribution in [0.1, 0.15) is 31.2 Å². The van der Waals surface area contributed by atoms with E-state index >= 15 is 0 Å². The first-order valence-electron chi connectivity index (χ1n) is 13.1. The number of halogens is 2. The summed E-state index contributed by atoms with van der Waals surface area (Å²) in [4.78, 5) is 29.8. The molecule has 0 bridgehead atoms. The number of hydrogen-bond donors (Lipinski definition) is 1. The van der Waals surface area contributed by atoms with Gasteiger partial charge < -0.3 is 20.1 Å². The van der Waals surface area contributed by atoms with E-state index in [4.69, 9.17) is 43.4 Å². The van der Waals surface area contributed by atoms with Crippen LogP contribution in [0.25, 0.3) is 11.3 Å². The van der Waals surface area contributed by atoms with E-state index in [1.54, 1.807) is 18.5 Å². The zero-order valence-electron chi connectivity index (χ0n) is 21.9. The van der Waals surface area contributed by atoms with Crippen LogP contribution in [-0.4, -0.2) is 65.2 Å². The summed E-state index contributed by atoms with van der Waals surface area (Å²) in [6.07, 6.45) is 6.61. The maximum atomic E-state index is 11.7. The van der Waals surface area contributed by atoms with Crippen molar-refractivity contribution in [1.29, 1.82) is 0 Å². The van der Waals surface area contributed by atoms with Gasteiger partial charge in [0.05, 0.1) is 25.2 Å². The van der Waals surface area contributed by atoms with Crippen LogP contribution in [0.5, 0.6) is 11.6 Å². The van der Waals surface area contributed by atoms with Crippen LogP contribution in [0.15, 0.2) is 42.7 Å². The number of hydrogen-bond acceptors (Lipinski definition) is 9. The van der Waals surface area contributed by atoms with Crippen molar-refractivity contribution in [3.63, 3.8) is 0 Å². The van der Waals surface area contributed by atoms with Gasteiger partial charge in [-0.05, 0) is 68.1 Å². The summed E-state index contributed by atoms with van der Waals surface area (Å²) in [6, 6.07) is 9.47. The Kier molecular flexibility index (Phi) is 8.82. The first-order valence-corrected chi connectivity index (χ1v) is 13.9. The second-order valence-electron chi connectivity index (χ2n) is 10.2. The average Bonchev–Trinajstić information content (AvgIpc) is 3.35. The number of nitrogens with two attached hydrogens (primary N) is 1. The van der Waals surface area contributed by atoms with E-state index in [9.17, 15) is 4.79 Å². The SMILES string of the molecule is COC(=O)CC1CCN(Cc2cc(Oc3cnc(N4CCC(N)C4)nc3)nc(-c3cc(Cl)cc(Cl)c3)c2)CC1. The van der Waals surface area contributed by atoms with Crippen molar-refractivity contribution < 1.29 is 14.3 Å². The lowest BCUT2D eigenvalue weighted by Crippen LogP contribution is -2.34. The molecule has 9 nitrogen and oxygen atoms in total. The third kappa shape index (κ3) is 7.36. The molecule has 1 aromatic carbocycles. The second-order valence-corrected chi connectivity index (χ2v) is 11.0. The molecule has 1 unspecified atom stereocenters. The Morgan fingerprint density at radius 2 is 1.74 bits per heavy atom. The summed E-state index contributed by atoms with van der Waals surface area (Å²) in [5.74, 6) is 1.77. The molecule has 0 aliphatic carbocycles. The number of nitrogens with zero attached hydrogens (tertiary/aromatic N) is 5. The van der Waals surface area contributed by atoms with Gasteiger partial charge in [-0.25, -0.2) is 15.0 Å². The molecule has 5 rings (SSSR count). The number of benzene rings is 1. The molecule has 0 amide bonds. The van der Waals surface area contributed by atoms with Gasteiger partial charge in [-0.2, -0.15) is 0 Å². The normalized spacial score (nSPS) is 18.4. The Morgan fingerprint density at radius 1 is 1.03 bits per heavy atom. The lowest BCUT2D eigenvalue weighted by atomic mass is 9.93. The summed E-state index contributed by atoms with van der Waals surface area (Å²) >= 11 is 12.6. The fourth-order valence-electron chi connectivity index (χ4n) is 5.09. The van der Waals surface area contributed by atoms with E-state index in [-0.39, 0.29) is 12.0 Å². The summed E-state index contributed by atoms with van der Waals surface area (Å²) in [5, 5.41) is 1.07. The molecule has 11 heteroatoms. The zero-order valence-corrected chi connectivity index (χ0v) is 23.4. The summed E-state index contributed by atoms with van der Waals surface area (Å²) < 4.78 is 11.0. The lowest BCUT2D eigenvalue weighted by Gasteiger charge is -2.31. The zero-order chi connectivity index (χ0) is 27.4. The fourth-order valence-corrected chi connectivity index (χ4v) is 5.62. The van der Waals surface area contributed by atoms with Crippen LogP contribution in [0.4, 0.5) is 5.95 Å². The van der Waals surface area contributed by atoms with Gasteiger partial charge in [-0.15, -0.1) is 0 Å². The van der Waals surface area contributed by atoms with Gasteiger partial charge in [0.2, 0.25) is 11.8 Å². The second kappa shape index (κ2) is 12.5. The molecule has 2 fully saturated rings. The maximum absolute atomic E-state index is 11.7. The van der Waals surface area contributed by atoms with Gasteiger partial charge in [0.1, 0.15) is 0 Å². The van der Waals surface area contributed by atoms with Crippen LogP contribution >= 0.6 is 23.2 Å². The van der Waals surface area contributed by atoms with Crippen molar-refractivity contribution in [3.8, 4) is 22.9 Å². The van der Waals surface area contributed by atoms with Gasteiger partial charge in [0.15, 0.2) is 5.75 Å². The van der Waals surface area contributed by atoms with E-state index in [1.165, 1.54) is 7.11 Å². The predicted molar refractivity (Wildman–Crippen MR) is 151 cm³/mol. The van der Waals surface area contributed by atoms with Crippen molar-refractivity contribution >= 4 is 35.1 Å². The number of methoxy groups -OCH3 is 1. The smallest absolute Gasteiger partial charge is 0.305 e. The molecule has 2 N–H and O–H groups in total. The Labute approximate surface area is 238 Å². The number of rotatable bonds is 8. The quantitative estimate of drug-likeness (QED) is 0.376. The Bertz CT molecular complexity index is 1280. The first-order chi connectivity index (χ1) is 18.8. The third-order valence-electron chi connectivity index (χ3n) is 7.16. The molecule has 206 valence electrons. The van der Waals surface area contributed by atoms with Crippen molar-refractivity contribution in [2.24, 2.45) is 11.7 Å². The van der Waals surface area contributed by atoms with E-state index in [1.807, 2.05) is 24.3 Å². The molecular weight excluding hydrogens is 539 g/mol. The Balaban J connectivity index is 1.34. The number of piperidine rings is 1. The molecule has 0 saturated carbocycles. The third-order valence-corrected chi connectivity index (χ3v) is 7.60. The van der Waals surface area contributed by atoms with E-state index in [0.717, 1.165) is 63.1 Å². The molecule has 2 aromatic heterocycles. The van der Waals surface area contributed by atoms with Crippen LogP contribution in [0.3, 0.4) is 0 Å². The molecule has 2 saturated heterocycles. The lowest BCUT2D eigenvalue weighted by molar-refractivity contribution is -0.142. The molecule has 0 radical (unpaired) electrons. The number of ether oxygens (including phenoxy) is 2. The highest BCUT2D eigenvalue weighted by molar-refractivity contribution is 6.35. The predicted octanol–water partition coefficient (Wildman–Crippen LogP) is 4.95. The van der Waals surface area contributed by atoms with E-state index < -0.39 is 0 Å². The molecule has 4 heterocycles. The minimum Gasteiger partial charge on any atom is -0.469 e. The van der Waals surface area contributed by atoms with E-state index in [0.29, 0.717) is 45.7 Å². The van der Waals surface area contributed by atoms with Gasteiger partial charge in [-0.1, -0.05) is 23.2 Å². The summed E-state index contributed by atoms with van der Waals surface area (Å²) in [5.41, 5.74) is 8.57. The number of likely N-dealkylation sites (tertiary alicyclic amines) is 1. The number of anilines is 1. The summed E-state index contributed by atoms with van der Waals surface area (Å²) in [7, 11) is 1.44. The van der Waals surface area contributed by atoms with Gasteiger partial charge >= 0.3 is 5.97 Å². The molecule has 39 heavy (non-hydrogen) atoms. The monoisotopic (exact) mass is 570 g/mol. The number of pyridine rings is 1. The molecule has 3 aromatic rings. The van der Waals surface area contributed by atoms with Crippen LogP contribution in [0, 0.1) is 5.92 Å². The minimum absolute atomic E-state index is 0.143. The maximum Gasteiger partial charge on any atom is 0.305 e. The Morgan fingerprint density at radius 3 is 2.38 bits per heavy atom. The highest BCUT2D eigenvalue weighted by Crippen LogP contribution is 2.31. The molecule has 0 spiro atoms. The van der Waals surface area contributed by atoms with Gasteiger partial charge in [-0.3, -0.25) is 9.69 Å². The number of aromatic nitrogens is 3. The van der Waals surface area contributed by atoms with Crippen LogP contribution in [-0.2, 0) is 16.1 Å². The highest BCUT2D eigenvalue weighted by atomic mass is 35.5. The summed E-state index contributed by atoms with van der Waals surface area (Å²) in [6.45, 7) is 4.10. The number of esters is 1. The molecular formula is C28H32Cl2N6O3. The average molecular weight is 572 g/mol. The fraction of sp³-hybridized carbons (Fsp3) is 0.429. The Hall–Kier alpha value is -2.98. The van der Waals surface area contributed by atoms with Gasteiger partial charge in [0, 0.05) is 53.8 Å². The topological polar surface area (TPSA) is 107 Å². The van der Waals surface area contributed by atoms with Crippen molar-refractivity contribution in [3.05, 3.63) is 58.3 Å². The molecule has 1 atom stereocenters. The van der Waals surface area contributed by atoms with Crippen molar-refractivity contribution in [1.82, 2.24) is 19.9 Å². The highest BCUT2D eigenvalue weighted by Gasteiger charge is 2.23. The number of carbonyl (C=O) groups excluding carboxylic acids is 1. The van der Waals surface area contributed by atoms with Crippen molar-refractivity contribution in [2.75, 3.05) is 38.2 Å². The largest absolute Gasteiger partial charge is 0.469 e. The van der Waals surface area contributed by atoms with Crippen LogP contribution < -0.4 is 15.4 Å². The minimum atomic E-state index is -0.143. The van der Waals surface area contributed by atoms with E-state index in [2.05, 4.69) is 19.8 Å². The number of carbonyl (C=O) groups is 1. The molecule has 2 aliphatic rings. The van der Waals surface area contributed by atoms with Crippen LogP contribution in [0.2, 0.25) is 10.0 Å². The molecule has 2 aliphatic heterocycles. The van der Waals surface area contributed by atoms with Gasteiger partial charge in [0.25, 0.3) is 0 Å².